The first kappa shape index (κ1) is 14.4. The van der Waals surface area contributed by atoms with Gasteiger partial charge in [-0.05, 0) is 57.0 Å². The van der Waals surface area contributed by atoms with Crippen LogP contribution >= 0.6 is 0 Å². The molecule has 2 aliphatic heterocycles. The smallest absolute Gasteiger partial charge is 0.251 e. The molecular weight excluding hydrogens is 262 g/mol. The molecule has 0 bridgehead atoms. The highest BCUT2D eigenvalue weighted by Gasteiger charge is 2.17. The summed E-state index contributed by atoms with van der Waals surface area (Å²) in [6, 6.07) is 6.18. The lowest BCUT2D eigenvalue weighted by Crippen LogP contribution is -2.43. The van der Waals surface area contributed by atoms with Gasteiger partial charge in [0.25, 0.3) is 5.91 Å². The van der Waals surface area contributed by atoms with Crippen LogP contribution < -0.4 is 10.6 Å². The summed E-state index contributed by atoms with van der Waals surface area (Å²) >= 11 is 0. The highest BCUT2D eigenvalue weighted by Crippen LogP contribution is 2.23. The summed E-state index contributed by atoms with van der Waals surface area (Å²) in [6.07, 6.45) is 4.98. The van der Waals surface area contributed by atoms with Gasteiger partial charge in [-0.2, -0.15) is 0 Å². The van der Waals surface area contributed by atoms with Crippen molar-refractivity contribution in [1.82, 2.24) is 10.2 Å². The van der Waals surface area contributed by atoms with E-state index in [1.807, 2.05) is 12.1 Å². The topological polar surface area (TPSA) is 44.4 Å². The fourth-order valence-corrected chi connectivity index (χ4v) is 3.31. The number of carbonyl (C=O) groups is 1. The second-order valence-corrected chi connectivity index (χ2v) is 6.28. The Labute approximate surface area is 126 Å². The first-order valence-corrected chi connectivity index (χ1v) is 8.12. The Morgan fingerprint density at radius 2 is 2.14 bits per heavy atom. The van der Waals surface area contributed by atoms with Crippen LogP contribution in [0.5, 0.6) is 0 Å². The number of hydrogen-bond donors (Lipinski definition) is 2. The van der Waals surface area contributed by atoms with Crippen LogP contribution in [0.4, 0.5) is 5.69 Å². The average Bonchev–Trinajstić information content (AvgIpc) is 2.95. The average molecular weight is 287 g/mol. The van der Waals surface area contributed by atoms with Gasteiger partial charge < -0.3 is 15.5 Å². The Hall–Kier alpha value is -1.55. The number of nitrogens with zero attached hydrogens (tertiary/aromatic N) is 1. The second-order valence-electron chi connectivity index (χ2n) is 6.28. The molecule has 2 heterocycles. The van der Waals surface area contributed by atoms with Gasteiger partial charge in [0.05, 0.1) is 0 Å². The molecule has 1 unspecified atom stereocenters. The number of piperidine rings is 1. The van der Waals surface area contributed by atoms with Crippen LogP contribution in [0, 0.1) is 0 Å². The summed E-state index contributed by atoms with van der Waals surface area (Å²) in [5.74, 6) is 0.0380. The van der Waals surface area contributed by atoms with Crippen LogP contribution in [0.1, 0.15) is 42.1 Å². The molecule has 1 saturated heterocycles. The number of rotatable bonds is 4. The number of likely N-dealkylation sites (tertiary alicyclic amines) is 1. The molecule has 4 nitrogen and oxygen atoms in total. The Morgan fingerprint density at radius 1 is 1.33 bits per heavy atom. The van der Waals surface area contributed by atoms with Crippen LogP contribution in [0.3, 0.4) is 0 Å². The zero-order valence-corrected chi connectivity index (χ0v) is 12.8. The lowest BCUT2D eigenvalue weighted by atomic mass is 10.1. The quantitative estimate of drug-likeness (QED) is 0.893. The highest BCUT2D eigenvalue weighted by atomic mass is 16.1. The van der Waals surface area contributed by atoms with Crippen LogP contribution in [0.2, 0.25) is 0 Å². The summed E-state index contributed by atoms with van der Waals surface area (Å²) in [5, 5.41) is 6.45. The molecule has 0 radical (unpaired) electrons. The Kier molecular flexibility index (Phi) is 4.44. The molecule has 1 atom stereocenters. The van der Waals surface area contributed by atoms with Gasteiger partial charge in [-0.15, -0.1) is 0 Å². The molecule has 0 spiro atoms. The molecule has 2 N–H and O–H groups in total. The van der Waals surface area contributed by atoms with Crippen molar-refractivity contribution in [3.05, 3.63) is 29.3 Å². The molecule has 1 fully saturated rings. The van der Waals surface area contributed by atoms with E-state index >= 15 is 0 Å². The molecule has 1 aromatic carbocycles. The lowest BCUT2D eigenvalue weighted by Gasteiger charge is -2.29. The number of amides is 1. The molecule has 0 aliphatic carbocycles. The summed E-state index contributed by atoms with van der Waals surface area (Å²) in [6.45, 7) is 6.37. The van der Waals surface area contributed by atoms with Gasteiger partial charge in [0, 0.05) is 30.4 Å². The molecule has 3 rings (SSSR count). The van der Waals surface area contributed by atoms with Crippen molar-refractivity contribution in [2.24, 2.45) is 0 Å². The summed E-state index contributed by atoms with van der Waals surface area (Å²) < 4.78 is 0. The van der Waals surface area contributed by atoms with E-state index in [4.69, 9.17) is 0 Å². The molecule has 0 saturated carbocycles. The minimum absolute atomic E-state index is 0.0380. The monoisotopic (exact) mass is 287 g/mol. The van der Waals surface area contributed by atoms with Crippen LogP contribution in [0.15, 0.2) is 18.2 Å². The normalized spacial score (nSPS) is 19.7. The number of hydrogen-bond acceptors (Lipinski definition) is 3. The van der Waals surface area contributed by atoms with E-state index < -0.39 is 0 Å². The molecule has 1 amide bonds. The van der Waals surface area contributed by atoms with Crippen molar-refractivity contribution in [3.8, 4) is 0 Å². The molecule has 4 heteroatoms. The molecule has 21 heavy (non-hydrogen) atoms. The molecule has 1 aromatic rings. The predicted molar refractivity (Wildman–Crippen MR) is 85.9 cm³/mol. The van der Waals surface area contributed by atoms with Crippen molar-refractivity contribution < 1.29 is 4.79 Å². The minimum Gasteiger partial charge on any atom is -0.384 e. The predicted octanol–water partition coefficient (Wildman–Crippen LogP) is 2.26. The van der Waals surface area contributed by atoms with Gasteiger partial charge in [0.1, 0.15) is 0 Å². The van der Waals surface area contributed by atoms with Crippen LogP contribution in [0.25, 0.3) is 0 Å². The third-order valence-corrected chi connectivity index (χ3v) is 4.44. The third-order valence-electron chi connectivity index (χ3n) is 4.44. The Bertz CT molecular complexity index is 509. The maximum atomic E-state index is 12.3. The number of fused-ring (bicyclic) bond motifs is 1. The standard InChI is InChI=1S/C17H25N3O/c1-13(12-20-9-3-2-4-10-20)19-17(21)15-6-5-14-7-8-18-16(14)11-15/h5-6,11,13,18H,2-4,7-10,12H2,1H3,(H,19,21). The van der Waals surface area contributed by atoms with Crippen molar-refractivity contribution in [2.45, 2.75) is 38.6 Å². The van der Waals surface area contributed by atoms with E-state index in [1.165, 1.54) is 37.9 Å². The molecule has 2 aliphatic rings. The maximum absolute atomic E-state index is 12.3. The number of anilines is 1. The van der Waals surface area contributed by atoms with E-state index in [9.17, 15) is 4.79 Å². The van der Waals surface area contributed by atoms with Gasteiger partial charge in [-0.1, -0.05) is 12.5 Å². The fourth-order valence-electron chi connectivity index (χ4n) is 3.31. The van der Waals surface area contributed by atoms with Gasteiger partial charge in [-0.25, -0.2) is 0 Å². The minimum atomic E-state index is 0.0380. The van der Waals surface area contributed by atoms with E-state index in [1.54, 1.807) is 0 Å². The van der Waals surface area contributed by atoms with Gasteiger partial charge >= 0.3 is 0 Å². The first-order valence-electron chi connectivity index (χ1n) is 8.12. The number of nitrogens with one attached hydrogen (secondary N) is 2. The van der Waals surface area contributed by atoms with E-state index in [0.29, 0.717) is 0 Å². The zero-order valence-electron chi connectivity index (χ0n) is 12.8. The molecule has 0 aromatic heterocycles. The van der Waals surface area contributed by atoms with Gasteiger partial charge in [0.15, 0.2) is 0 Å². The third kappa shape index (κ3) is 3.56. The van der Waals surface area contributed by atoms with Gasteiger partial charge in [0.2, 0.25) is 0 Å². The van der Waals surface area contributed by atoms with Crippen molar-refractivity contribution in [1.29, 1.82) is 0 Å². The lowest BCUT2D eigenvalue weighted by molar-refractivity contribution is 0.0925. The zero-order chi connectivity index (χ0) is 14.7. The SMILES string of the molecule is CC(CN1CCCCC1)NC(=O)c1ccc2c(c1)NCC2. The Morgan fingerprint density at radius 3 is 2.95 bits per heavy atom. The number of carbonyl (C=O) groups excluding carboxylic acids is 1. The molecular formula is C17H25N3O. The van der Waals surface area contributed by atoms with Gasteiger partial charge in [-0.3, -0.25) is 4.79 Å². The maximum Gasteiger partial charge on any atom is 0.251 e. The van der Waals surface area contributed by atoms with Crippen molar-refractivity contribution >= 4 is 11.6 Å². The Balaban J connectivity index is 1.55. The fraction of sp³-hybridized carbons (Fsp3) is 0.588. The van der Waals surface area contributed by atoms with E-state index in [2.05, 4.69) is 28.5 Å². The van der Waals surface area contributed by atoms with E-state index in [-0.39, 0.29) is 11.9 Å². The van der Waals surface area contributed by atoms with Crippen LogP contribution in [-0.4, -0.2) is 43.0 Å². The second kappa shape index (κ2) is 6.48. The number of benzene rings is 1. The van der Waals surface area contributed by atoms with Crippen molar-refractivity contribution in [3.63, 3.8) is 0 Å². The van der Waals surface area contributed by atoms with Crippen molar-refractivity contribution in [2.75, 3.05) is 31.5 Å². The summed E-state index contributed by atoms with van der Waals surface area (Å²) in [4.78, 5) is 14.8. The molecule has 114 valence electrons. The summed E-state index contributed by atoms with van der Waals surface area (Å²) in [5.41, 5.74) is 3.19. The van der Waals surface area contributed by atoms with Crippen LogP contribution in [-0.2, 0) is 6.42 Å². The first-order chi connectivity index (χ1) is 10.2. The summed E-state index contributed by atoms with van der Waals surface area (Å²) in [7, 11) is 0. The van der Waals surface area contributed by atoms with E-state index in [0.717, 1.165) is 30.8 Å². The largest absolute Gasteiger partial charge is 0.384 e. The highest BCUT2D eigenvalue weighted by molar-refractivity contribution is 5.95.